The minimum absolute atomic E-state index is 0. The predicted molar refractivity (Wildman–Crippen MR) is 142 cm³/mol. The number of hydrogen-bond acceptors (Lipinski definition) is 9. The summed E-state index contributed by atoms with van der Waals surface area (Å²) in [6, 6.07) is 0. The van der Waals surface area contributed by atoms with Crippen LogP contribution in [-0.4, -0.2) is 104 Å². The van der Waals surface area contributed by atoms with Crippen LogP contribution < -0.4 is 0 Å². The average molecular weight is 605 g/mol. The summed E-state index contributed by atoms with van der Waals surface area (Å²) in [5, 5.41) is 26.4. The molecule has 224 valence electrons. The Morgan fingerprint density at radius 3 is 0.775 bits per heavy atom. The summed E-state index contributed by atoms with van der Waals surface area (Å²) in [5.41, 5.74) is 0. The molecule has 0 atom stereocenters. The molecule has 0 aromatic rings. The van der Waals surface area contributed by atoms with Crippen molar-refractivity contribution >= 4 is 35.1 Å². The van der Waals surface area contributed by atoms with Crippen molar-refractivity contribution in [2.45, 2.75) is 59.3 Å². The van der Waals surface area contributed by atoms with Gasteiger partial charge in [-0.3, -0.25) is 28.8 Å². The van der Waals surface area contributed by atoms with Crippen LogP contribution in [0.3, 0.4) is 0 Å². The van der Waals surface area contributed by atoms with Crippen LogP contribution in [0.4, 0.5) is 0 Å². The van der Waals surface area contributed by atoms with Gasteiger partial charge in [-0.25, -0.2) is 0 Å². The van der Waals surface area contributed by atoms with Gasteiger partial charge in [0, 0.05) is 74.6 Å². The topological polar surface area (TPSA) is 173 Å². The van der Waals surface area contributed by atoms with Crippen molar-refractivity contribution in [2.75, 3.05) is 39.3 Å². The normalized spacial score (nSPS) is 17.2. The number of likely N-dealkylation sites (tertiary alicyclic amines) is 3. The molecule has 3 amide bonds. The molecule has 3 saturated heterocycles. The van der Waals surface area contributed by atoms with Gasteiger partial charge in [0.25, 0.3) is 17.7 Å². The Balaban J connectivity index is 0.000000563. The quantitative estimate of drug-likeness (QED) is 0.177. The summed E-state index contributed by atoms with van der Waals surface area (Å²) in [5.74, 6) is -3.82. The number of carbonyl (C=O) groups is 6. The molecule has 13 heteroatoms. The van der Waals surface area contributed by atoms with Gasteiger partial charge in [-0.2, -0.15) is 0 Å². The van der Waals surface area contributed by atoms with E-state index in [0.717, 1.165) is 56.8 Å². The van der Waals surface area contributed by atoms with E-state index < -0.39 is 35.1 Å². The maximum atomic E-state index is 11.3. The molecule has 3 fully saturated rings. The summed E-state index contributed by atoms with van der Waals surface area (Å²) in [4.78, 5) is 71.8. The molecule has 3 heterocycles. The van der Waals surface area contributed by atoms with Crippen molar-refractivity contribution in [1.82, 2.24) is 14.7 Å². The fraction of sp³-hybridized carbons (Fsp3) is 0.556. The van der Waals surface area contributed by atoms with E-state index in [0.29, 0.717) is 39.3 Å². The molecule has 3 N–H and O–H groups in total. The molecule has 0 aromatic heterocycles. The summed E-state index contributed by atoms with van der Waals surface area (Å²) in [6.45, 7) is 8.04. The van der Waals surface area contributed by atoms with Crippen LogP contribution in [0.1, 0.15) is 59.3 Å². The number of aliphatic hydroxyl groups excluding tert-OH is 3. The standard InChI is InChI=1S/3C9H13NO3.Fe/c3*1-7(11)6-8(12)9(13)10-4-2-3-5-10;/h3*6,11H,2-5H2,1H3;. The van der Waals surface area contributed by atoms with Crippen molar-refractivity contribution in [1.29, 1.82) is 0 Å². The fourth-order valence-corrected chi connectivity index (χ4v) is 3.98. The first-order valence-corrected chi connectivity index (χ1v) is 12.9. The zero-order chi connectivity index (χ0) is 29.5. The van der Waals surface area contributed by atoms with Gasteiger partial charge < -0.3 is 30.0 Å². The molecule has 0 aliphatic carbocycles. The molecule has 0 radical (unpaired) electrons. The third-order valence-electron chi connectivity index (χ3n) is 5.83. The molecule has 40 heavy (non-hydrogen) atoms. The van der Waals surface area contributed by atoms with Crippen LogP contribution in [0.2, 0.25) is 0 Å². The van der Waals surface area contributed by atoms with Crippen LogP contribution >= 0.6 is 0 Å². The molecule has 0 aromatic carbocycles. The van der Waals surface area contributed by atoms with E-state index in [1.54, 1.807) is 0 Å². The molecule has 3 rings (SSSR count). The number of rotatable bonds is 6. The van der Waals surface area contributed by atoms with Gasteiger partial charge in [-0.1, -0.05) is 0 Å². The smallest absolute Gasteiger partial charge is 0.294 e. The first kappa shape index (κ1) is 36.6. The minimum Gasteiger partial charge on any atom is -0.512 e. The molecule has 3 aliphatic rings. The van der Waals surface area contributed by atoms with Crippen LogP contribution in [-0.2, 0) is 45.8 Å². The van der Waals surface area contributed by atoms with E-state index >= 15 is 0 Å². The first-order valence-electron chi connectivity index (χ1n) is 12.9. The van der Waals surface area contributed by atoms with Crippen LogP contribution in [0, 0.1) is 0 Å². The molecule has 12 nitrogen and oxygen atoms in total. The summed E-state index contributed by atoms with van der Waals surface area (Å²) in [6.07, 6.45) is 8.63. The fourth-order valence-electron chi connectivity index (χ4n) is 3.98. The zero-order valence-corrected chi connectivity index (χ0v) is 24.3. The van der Waals surface area contributed by atoms with Gasteiger partial charge in [-0.15, -0.1) is 0 Å². The van der Waals surface area contributed by atoms with E-state index in [2.05, 4.69) is 0 Å². The van der Waals surface area contributed by atoms with E-state index in [1.807, 2.05) is 0 Å². The molecule has 0 spiro atoms. The molecule has 3 aliphatic heterocycles. The Morgan fingerprint density at radius 2 is 0.625 bits per heavy atom. The molecule has 0 bridgehead atoms. The molecular formula is C27H39FeN3O9. The summed E-state index contributed by atoms with van der Waals surface area (Å²) in [7, 11) is 0. The minimum atomic E-state index is -0.637. The molecular weight excluding hydrogens is 566 g/mol. The Kier molecular flexibility index (Phi) is 17.2. The van der Waals surface area contributed by atoms with Crippen molar-refractivity contribution in [3.05, 3.63) is 35.5 Å². The monoisotopic (exact) mass is 605 g/mol. The Hall–Kier alpha value is -3.44. The average Bonchev–Trinajstić information content (AvgIpc) is 3.65. The van der Waals surface area contributed by atoms with Crippen molar-refractivity contribution in [3.8, 4) is 0 Å². The maximum Gasteiger partial charge on any atom is 0.294 e. The number of carbonyl (C=O) groups excluding carboxylic acids is 6. The second kappa shape index (κ2) is 18.8. The number of amides is 3. The van der Waals surface area contributed by atoms with Crippen molar-refractivity contribution in [3.63, 3.8) is 0 Å². The third kappa shape index (κ3) is 13.6. The van der Waals surface area contributed by atoms with Crippen molar-refractivity contribution < 1.29 is 61.2 Å². The van der Waals surface area contributed by atoms with E-state index in [1.165, 1.54) is 35.5 Å². The van der Waals surface area contributed by atoms with Crippen LogP contribution in [0.15, 0.2) is 35.5 Å². The summed E-state index contributed by atoms with van der Waals surface area (Å²) < 4.78 is 0. The SMILES string of the molecule is CC(O)=CC(=O)C(=O)N1CCCC1.CC(O)=CC(=O)C(=O)N1CCCC1.CC(O)=CC(=O)C(=O)N1CCCC1.[Fe]. The Labute approximate surface area is 244 Å². The Morgan fingerprint density at radius 1 is 0.450 bits per heavy atom. The number of hydrogen-bond donors (Lipinski definition) is 3. The second-order valence-corrected chi connectivity index (χ2v) is 9.45. The number of nitrogens with zero attached hydrogens (tertiary/aromatic N) is 3. The van der Waals surface area contributed by atoms with E-state index in [4.69, 9.17) is 15.3 Å². The first-order chi connectivity index (χ1) is 18.3. The van der Waals surface area contributed by atoms with Gasteiger partial charge >= 0.3 is 0 Å². The molecule has 0 unspecified atom stereocenters. The van der Waals surface area contributed by atoms with Gasteiger partial charge in [0.05, 0.1) is 17.3 Å². The van der Waals surface area contributed by atoms with Crippen LogP contribution in [0.5, 0.6) is 0 Å². The zero-order valence-electron chi connectivity index (χ0n) is 23.2. The second-order valence-electron chi connectivity index (χ2n) is 9.45. The van der Waals surface area contributed by atoms with Gasteiger partial charge in [0.15, 0.2) is 0 Å². The van der Waals surface area contributed by atoms with Gasteiger partial charge in [0.1, 0.15) is 0 Å². The number of ketones is 3. The van der Waals surface area contributed by atoms with E-state index in [9.17, 15) is 28.8 Å². The van der Waals surface area contributed by atoms with Gasteiger partial charge in [0.2, 0.25) is 17.3 Å². The van der Waals surface area contributed by atoms with E-state index in [-0.39, 0.29) is 34.3 Å². The number of aliphatic hydroxyl groups is 3. The maximum absolute atomic E-state index is 11.3. The van der Waals surface area contributed by atoms with Crippen molar-refractivity contribution in [2.24, 2.45) is 0 Å². The Bertz CT molecular complexity index is 878. The third-order valence-corrected chi connectivity index (χ3v) is 5.83. The van der Waals surface area contributed by atoms with Crippen LogP contribution in [0.25, 0.3) is 0 Å². The summed E-state index contributed by atoms with van der Waals surface area (Å²) >= 11 is 0. The predicted octanol–water partition coefficient (Wildman–Crippen LogP) is 1.92. The number of allylic oxidation sites excluding steroid dienone is 3. The van der Waals surface area contributed by atoms with Gasteiger partial charge in [-0.05, 0) is 59.3 Å². The largest absolute Gasteiger partial charge is 0.512 e. The molecule has 0 saturated carbocycles.